The van der Waals surface area contributed by atoms with Crippen molar-refractivity contribution >= 4 is 0 Å². The van der Waals surface area contributed by atoms with Crippen LogP contribution in [-0.4, -0.2) is 45.5 Å². The van der Waals surface area contributed by atoms with Crippen molar-refractivity contribution in [3.8, 4) is 0 Å². The van der Waals surface area contributed by atoms with Crippen molar-refractivity contribution in [3.63, 3.8) is 0 Å². The zero-order valence-corrected chi connectivity index (χ0v) is 6.83. The van der Waals surface area contributed by atoms with Crippen molar-refractivity contribution in [3.05, 3.63) is 4.91 Å². The molecule has 0 unspecified atom stereocenters. The van der Waals surface area contributed by atoms with Gasteiger partial charge in [-0.3, -0.25) is 0 Å². The van der Waals surface area contributed by atoms with E-state index in [1.165, 1.54) is 0 Å². The molecule has 0 amide bonds. The average Bonchev–Trinajstić information content (AvgIpc) is 1.78. The maximum absolute atomic E-state index is 9.55. The largest absolute Gasteiger partial charge is 0.350 e. The monoisotopic (exact) mass is 147 g/mol. The van der Waals surface area contributed by atoms with E-state index in [9.17, 15) is 4.91 Å². The highest BCUT2D eigenvalue weighted by Crippen LogP contribution is 1.88. The van der Waals surface area contributed by atoms with Crippen LogP contribution in [-0.2, 0) is 4.74 Å². The number of quaternary nitrogens is 1. The lowest BCUT2D eigenvalue weighted by molar-refractivity contribution is -0.870. The van der Waals surface area contributed by atoms with Gasteiger partial charge in [0.15, 0.2) is 6.73 Å². The predicted molar refractivity (Wildman–Crippen MR) is 39.5 cm³/mol. The molecule has 0 aromatic carbocycles. The summed E-state index contributed by atoms with van der Waals surface area (Å²) >= 11 is 0. The third-order valence-electron chi connectivity index (χ3n) is 1.05. The highest BCUT2D eigenvalue weighted by molar-refractivity contribution is 4.28. The number of hydrogen-bond acceptors (Lipinski definition) is 3. The first-order chi connectivity index (χ1) is 4.56. The molecule has 0 saturated heterocycles. The van der Waals surface area contributed by atoms with E-state index in [0.717, 1.165) is 11.0 Å². The second-order valence-electron chi connectivity index (χ2n) is 3.18. The van der Waals surface area contributed by atoms with E-state index >= 15 is 0 Å². The van der Waals surface area contributed by atoms with Crippen LogP contribution in [0.4, 0.5) is 0 Å². The second kappa shape index (κ2) is 4.35. The summed E-state index contributed by atoms with van der Waals surface area (Å²) in [5.41, 5.74) is 0. The summed E-state index contributed by atoms with van der Waals surface area (Å²) in [6, 6.07) is 0. The molecule has 0 fully saturated rings. The van der Waals surface area contributed by atoms with Crippen LogP contribution in [0.1, 0.15) is 0 Å². The van der Waals surface area contributed by atoms with Crippen molar-refractivity contribution in [1.82, 2.24) is 0 Å². The Labute approximate surface area is 61.3 Å². The Morgan fingerprint density at radius 2 is 2.00 bits per heavy atom. The van der Waals surface area contributed by atoms with Crippen molar-refractivity contribution in [2.75, 3.05) is 41.0 Å². The van der Waals surface area contributed by atoms with Gasteiger partial charge in [-0.05, 0) is 5.18 Å². The summed E-state index contributed by atoms with van der Waals surface area (Å²) in [7, 11) is 6.20. The summed E-state index contributed by atoms with van der Waals surface area (Å²) in [5.74, 6) is 0. The number of rotatable bonds is 5. The molecule has 4 heteroatoms. The molecule has 0 aliphatic rings. The van der Waals surface area contributed by atoms with Crippen LogP contribution in [0.5, 0.6) is 0 Å². The minimum atomic E-state index is -0.0278. The summed E-state index contributed by atoms with van der Waals surface area (Å²) in [6.07, 6.45) is 0. The van der Waals surface area contributed by atoms with Gasteiger partial charge >= 0.3 is 0 Å². The van der Waals surface area contributed by atoms with Crippen molar-refractivity contribution in [2.45, 2.75) is 0 Å². The highest BCUT2D eigenvalue weighted by atomic mass is 16.5. The minimum Gasteiger partial charge on any atom is -0.350 e. The molecule has 4 nitrogen and oxygen atoms in total. The number of hydrogen-bond donors (Lipinski definition) is 0. The quantitative estimate of drug-likeness (QED) is 0.321. The van der Waals surface area contributed by atoms with E-state index in [4.69, 9.17) is 4.74 Å². The van der Waals surface area contributed by atoms with Crippen LogP contribution in [0.2, 0.25) is 0 Å². The van der Waals surface area contributed by atoms with Crippen molar-refractivity contribution < 1.29 is 9.22 Å². The highest BCUT2D eigenvalue weighted by Gasteiger charge is 2.04. The Balaban J connectivity index is 3.12. The zero-order chi connectivity index (χ0) is 8.04. The number of likely N-dealkylation sites (N-methyl/N-ethyl adjacent to an activating group) is 1. The normalized spacial score (nSPS) is 11.5. The Morgan fingerprint density at radius 3 is 2.40 bits per heavy atom. The molecular weight excluding hydrogens is 132 g/mol. The molecule has 0 saturated carbocycles. The van der Waals surface area contributed by atoms with E-state index in [0.29, 0.717) is 6.61 Å². The molecule has 0 aromatic rings. The molecule has 0 bridgehead atoms. The van der Waals surface area contributed by atoms with Gasteiger partial charge in [0, 0.05) is 0 Å². The maximum atomic E-state index is 9.55. The van der Waals surface area contributed by atoms with Gasteiger partial charge in [-0.1, -0.05) is 0 Å². The van der Waals surface area contributed by atoms with Gasteiger partial charge < -0.3 is 9.22 Å². The van der Waals surface area contributed by atoms with Gasteiger partial charge in [0.1, 0.15) is 6.54 Å². The van der Waals surface area contributed by atoms with Gasteiger partial charge in [-0.25, -0.2) is 0 Å². The van der Waals surface area contributed by atoms with Gasteiger partial charge in [-0.2, -0.15) is 0 Å². The van der Waals surface area contributed by atoms with E-state index in [1.807, 2.05) is 0 Å². The molecule has 0 spiro atoms. The SMILES string of the molecule is C[N+](C)(C)CCOCN=O. The molecule has 0 N–H and O–H groups in total. The first kappa shape index (κ1) is 9.52. The summed E-state index contributed by atoms with van der Waals surface area (Å²) in [5, 5.41) is 2.58. The molecule has 60 valence electrons. The molecule has 0 atom stereocenters. The molecule has 0 rings (SSSR count). The standard InChI is InChI=1S/C6H15N2O2/c1-8(2,3)4-5-10-6-7-9/h4-6H2,1-3H3/q+1. The molecule has 0 aliphatic carbocycles. The third-order valence-corrected chi connectivity index (χ3v) is 1.05. The fraction of sp³-hybridized carbons (Fsp3) is 1.00. The maximum Gasteiger partial charge on any atom is 0.179 e. The average molecular weight is 147 g/mol. The smallest absolute Gasteiger partial charge is 0.179 e. The number of nitroso groups, excluding NO2 is 1. The first-order valence-corrected chi connectivity index (χ1v) is 3.23. The Kier molecular flexibility index (Phi) is 4.14. The molecule has 0 aliphatic heterocycles. The molecule has 10 heavy (non-hydrogen) atoms. The summed E-state index contributed by atoms with van der Waals surface area (Å²) in [6.45, 7) is 1.46. The van der Waals surface area contributed by atoms with E-state index in [1.54, 1.807) is 0 Å². The van der Waals surface area contributed by atoms with E-state index < -0.39 is 0 Å². The van der Waals surface area contributed by atoms with Crippen LogP contribution in [0, 0.1) is 4.91 Å². The molecule has 0 aromatic heterocycles. The van der Waals surface area contributed by atoms with Crippen molar-refractivity contribution in [2.24, 2.45) is 5.18 Å². The van der Waals surface area contributed by atoms with Gasteiger partial charge in [0.2, 0.25) is 0 Å². The Bertz CT molecular complexity index is 98.4. The minimum absolute atomic E-state index is 0.0278. The predicted octanol–water partition coefficient (Wildman–Crippen LogP) is 0.433. The second-order valence-corrected chi connectivity index (χ2v) is 3.18. The fourth-order valence-corrected chi connectivity index (χ4v) is 0.440. The first-order valence-electron chi connectivity index (χ1n) is 3.23. The fourth-order valence-electron chi connectivity index (χ4n) is 0.440. The van der Waals surface area contributed by atoms with Crippen LogP contribution in [0.3, 0.4) is 0 Å². The van der Waals surface area contributed by atoms with Crippen LogP contribution >= 0.6 is 0 Å². The van der Waals surface area contributed by atoms with Crippen LogP contribution < -0.4 is 0 Å². The number of nitrogens with zero attached hydrogens (tertiary/aromatic N) is 2. The van der Waals surface area contributed by atoms with Gasteiger partial charge in [0.05, 0.1) is 27.7 Å². The zero-order valence-electron chi connectivity index (χ0n) is 6.83. The topological polar surface area (TPSA) is 38.7 Å². The summed E-state index contributed by atoms with van der Waals surface area (Å²) < 4.78 is 5.71. The van der Waals surface area contributed by atoms with Crippen molar-refractivity contribution in [1.29, 1.82) is 0 Å². The lowest BCUT2D eigenvalue weighted by atomic mass is 10.5. The van der Waals surface area contributed by atoms with E-state index in [-0.39, 0.29) is 6.73 Å². The Hall–Kier alpha value is -0.480. The van der Waals surface area contributed by atoms with Crippen LogP contribution in [0.25, 0.3) is 0 Å². The van der Waals surface area contributed by atoms with Gasteiger partial charge in [-0.15, -0.1) is 4.91 Å². The molecule has 0 radical (unpaired) electrons. The lowest BCUT2D eigenvalue weighted by Gasteiger charge is -2.22. The van der Waals surface area contributed by atoms with Crippen LogP contribution in [0.15, 0.2) is 5.18 Å². The molecular formula is C6H15N2O2+. The lowest BCUT2D eigenvalue weighted by Crippen LogP contribution is -2.37. The van der Waals surface area contributed by atoms with Gasteiger partial charge in [0.25, 0.3) is 0 Å². The Morgan fingerprint density at radius 1 is 1.40 bits per heavy atom. The summed E-state index contributed by atoms with van der Waals surface area (Å²) in [4.78, 5) is 9.55. The third kappa shape index (κ3) is 7.52. The number of ether oxygens (including phenoxy) is 1. The van der Waals surface area contributed by atoms with E-state index in [2.05, 4.69) is 26.3 Å². The molecule has 0 heterocycles.